The van der Waals surface area contributed by atoms with Crippen LogP contribution in [0.3, 0.4) is 0 Å². The molecule has 19 heavy (non-hydrogen) atoms. The zero-order valence-electron chi connectivity index (χ0n) is 11.1. The average molecular weight is 264 g/mol. The molecule has 5 nitrogen and oxygen atoms in total. The molecule has 0 bridgehead atoms. The minimum Gasteiger partial charge on any atom is -0.494 e. The molecule has 0 aliphatic heterocycles. The van der Waals surface area contributed by atoms with E-state index in [9.17, 15) is 4.79 Å². The van der Waals surface area contributed by atoms with Crippen LogP contribution in [0.2, 0.25) is 0 Å². The van der Waals surface area contributed by atoms with Gasteiger partial charge in [-0.3, -0.25) is 0 Å². The van der Waals surface area contributed by atoms with Gasteiger partial charge in [0.05, 0.1) is 18.1 Å². The van der Waals surface area contributed by atoms with Crippen LogP contribution in [0.15, 0.2) is 22.6 Å². The maximum absolute atomic E-state index is 10.9. The van der Waals surface area contributed by atoms with Crippen LogP contribution in [-0.4, -0.2) is 23.8 Å². The first-order valence-corrected chi connectivity index (χ1v) is 6.11. The van der Waals surface area contributed by atoms with Crippen LogP contribution in [-0.2, 0) is 0 Å². The third-order valence-electron chi connectivity index (χ3n) is 2.46. The second-order valence-electron chi connectivity index (χ2n) is 4.35. The lowest BCUT2D eigenvalue weighted by Gasteiger charge is -2.12. The molecule has 0 aliphatic carbocycles. The molecule has 2 aromatic rings. The first kappa shape index (κ1) is 13.3. The van der Waals surface area contributed by atoms with Gasteiger partial charge in [-0.05, 0) is 20.8 Å². The molecule has 1 N–H and O–H groups in total. The van der Waals surface area contributed by atoms with Gasteiger partial charge in [-0.15, -0.1) is 0 Å². The molecule has 0 fully saturated rings. The molecule has 0 aliphatic rings. The van der Waals surface area contributed by atoms with E-state index in [0.29, 0.717) is 29.1 Å². The molecule has 1 heterocycles. The highest BCUT2D eigenvalue weighted by Crippen LogP contribution is 2.34. The highest BCUT2D eigenvalue weighted by molar-refractivity contribution is 5.94. The number of furan rings is 1. The molecular weight excluding hydrogens is 248 g/mol. The standard InChI is InChI=1S/C14H16O5/c1-4-17-9-5-11(18-8(2)3)10-7-13(14(15)16)19-12(10)6-9/h5-8H,4H2,1-3H3,(H,15,16). The van der Waals surface area contributed by atoms with Crippen LogP contribution < -0.4 is 9.47 Å². The van der Waals surface area contributed by atoms with Crippen molar-refractivity contribution in [2.45, 2.75) is 26.9 Å². The monoisotopic (exact) mass is 264 g/mol. The van der Waals surface area contributed by atoms with Crippen LogP contribution in [0.5, 0.6) is 11.5 Å². The number of aromatic carboxylic acids is 1. The quantitative estimate of drug-likeness (QED) is 0.897. The lowest BCUT2D eigenvalue weighted by molar-refractivity contribution is 0.0665. The summed E-state index contributed by atoms with van der Waals surface area (Å²) in [5, 5.41) is 9.60. The van der Waals surface area contributed by atoms with Crippen molar-refractivity contribution in [3.63, 3.8) is 0 Å². The van der Waals surface area contributed by atoms with Gasteiger partial charge in [0.25, 0.3) is 0 Å². The summed E-state index contributed by atoms with van der Waals surface area (Å²) < 4.78 is 16.4. The molecule has 0 saturated heterocycles. The van der Waals surface area contributed by atoms with E-state index in [4.69, 9.17) is 19.0 Å². The SMILES string of the molecule is CCOc1cc(OC(C)C)c2cc(C(=O)O)oc2c1. The number of carboxylic acids is 1. The number of ether oxygens (including phenoxy) is 2. The Hall–Kier alpha value is -2.17. The average Bonchev–Trinajstić information content (AvgIpc) is 2.73. The molecule has 0 unspecified atom stereocenters. The Morgan fingerprint density at radius 3 is 2.68 bits per heavy atom. The Morgan fingerprint density at radius 2 is 2.11 bits per heavy atom. The van der Waals surface area contributed by atoms with Gasteiger partial charge in [0.1, 0.15) is 17.1 Å². The predicted octanol–water partition coefficient (Wildman–Crippen LogP) is 3.32. The van der Waals surface area contributed by atoms with Gasteiger partial charge in [-0.1, -0.05) is 0 Å². The zero-order valence-corrected chi connectivity index (χ0v) is 11.1. The molecule has 2 rings (SSSR count). The summed E-state index contributed by atoms with van der Waals surface area (Å²) in [5.41, 5.74) is 0.444. The molecule has 1 aromatic carbocycles. The number of benzene rings is 1. The molecule has 0 spiro atoms. The first-order chi connectivity index (χ1) is 9.01. The van der Waals surface area contributed by atoms with Gasteiger partial charge < -0.3 is 19.0 Å². The van der Waals surface area contributed by atoms with Crippen molar-refractivity contribution in [2.24, 2.45) is 0 Å². The van der Waals surface area contributed by atoms with Crippen molar-refractivity contribution in [1.29, 1.82) is 0 Å². The van der Waals surface area contributed by atoms with Crippen molar-refractivity contribution in [1.82, 2.24) is 0 Å². The second kappa shape index (κ2) is 5.22. The van der Waals surface area contributed by atoms with Gasteiger partial charge in [-0.2, -0.15) is 0 Å². The van der Waals surface area contributed by atoms with Crippen LogP contribution in [0.4, 0.5) is 0 Å². The summed E-state index contributed by atoms with van der Waals surface area (Å²) in [5.74, 6) is -0.0638. The number of carboxylic acid groups (broad SMARTS) is 1. The van der Waals surface area contributed by atoms with Crippen molar-refractivity contribution < 1.29 is 23.8 Å². The van der Waals surface area contributed by atoms with Crippen molar-refractivity contribution in [3.05, 3.63) is 24.0 Å². The van der Waals surface area contributed by atoms with E-state index in [0.717, 1.165) is 0 Å². The lowest BCUT2D eigenvalue weighted by atomic mass is 10.2. The van der Waals surface area contributed by atoms with Crippen molar-refractivity contribution >= 4 is 16.9 Å². The summed E-state index contributed by atoms with van der Waals surface area (Å²) in [6, 6.07) is 4.87. The number of hydrogen-bond donors (Lipinski definition) is 1. The summed E-state index contributed by atoms with van der Waals surface area (Å²) >= 11 is 0. The molecule has 0 saturated carbocycles. The highest BCUT2D eigenvalue weighted by atomic mass is 16.5. The highest BCUT2D eigenvalue weighted by Gasteiger charge is 2.16. The smallest absolute Gasteiger partial charge is 0.371 e. The zero-order chi connectivity index (χ0) is 14.0. The minimum absolute atomic E-state index is 0.0248. The fourth-order valence-electron chi connectivity index (χ4n) is 1.79. The molecule has 0 radical (unpaired) electrons. The minimum atomic E-state index is -1.11. The number of fused-ring (bicyclic) bond motifs is 1. The lowest BCUT2D eigenvalue weighted by Crippen LogP contribution is -2.06. The van der Waals surface area contributed by atoms with E-state index in [1.54, 1.807) is 12.1 Å². The molecule has 0 amide bonds. The van der Waals surface area contributed by atoms with E-state index >= 15 is 0 Å². The van der Waals surface area contributed by atoms with Gasteiger partial charge in [0.15, 0.2) is 0 Å². The summed E-state index contributed by atoms with van der Waals surface area (Å²) in [4.78, 5) is 10.9. The van der Waals surface area contributed by atoms with Gasteiger partial charge >= 0.3 is 5.97 Å². The van der Waals surface area contributed by atoms with Crippen LogP contribution >= 0.6 is 0 Å². The molecule has 102 valence electrons. The predicted molar refractivity (Wildman–Crippen MR) is 70.1 cm³/mol. The van der Waals surface area contributed by atoms with Crippen molar-refractivity contribution in [3.8, 4) is 11.5 Å². The van der Waals surface area contributed by atoms with Crippen LogP contribution in [0.1, 0.15) is 31.3 Å². The van der Waals surface area contributed by atoms with Crippen LogP contribution in [0.25, 0.3) is 11.0 Å². The Morgan fingerprint density at radius 1 is 1.37 bits per heavy atom. The molecule has 1 aromatic heterocycles. The number of rotatable bonds is 5. The Balaban J connectivity index is 2.56. The summed E-state index contributed by atoms with van der Waals surface area (Å²) in [6.45, 7) is 6.19. The van der Waals surface area contributed by atoms with E-state index in [-0.39, 0.29) is 11.9 Å². The maximum Gasteiger partial charge on any atom is 0.371 e. The van der Waals surface area contributed by atoms with Gasteiger partial charge in [0.2, 0.25) is 5.76 Å². The summed E-state index contributed by atoms with van der Waals surface area (Å²) in [6.07, 6.45) is -0.0248. The van der Waals surface area contributed by atoms with Crippen LogP contribution in [0, 0.1) is 0 Å². The number of carbonyl (C=O) groups is 1. The van der Waals surface area contributed by atoms with Gasteiger partial charge in [0, 0.05) is 18.2 Å². The largest absolute Gasteiger partial charge is 0.494 e. The van der Waals surface area contributed by atoms with E-state index in [1.165, 1.54) is 6.07 Å². The normalized spacial score (nSPS) is 10.9. The Kier molecular flexibility index (Phi) is 3.64. The fraction of sp³-hybridized carbons (Fsp3) is 0.357. The topological polar surface area (TPSA) is 68.9 Å². The number of hydrogen-bond acceptors (Lipinski definition) is 4. The van der Waals surface area contributed by atoms with E-state index in [2.05, 4.69) is 0 Å². The fourth-order valence-corrected chi connectivity index (χ4v) is 1.79. The Labute approximate surface area is 110 Å². The summed E-state index contributed by atoms with van der Waals surface area (Å²) in [7, 11) is 0. The molecule has 0 atom stereocenters. The molecule has 5 heteroatoms. The third-order valence-corrected chi connectivity index (χ3v) is 2.46. The third kappa shape index (κ3) is 2.81. The first-order valence-electron chi connectivity index (χ1n) is 6.11. The van der Waals surface area contributed by atoms with E-state index in [1.807, 2.05) is 20.8 Å². The van der Waals surface area contributed by atoms with Crippen molar-refractivity contribution in [2.75, 3.05) is 6.61 Å². The van der Waals surface area contributed by atoms with E-state index < -0.39 is 5.97 Å². The second-order valence-corrected chi connectivity index (χ2v) is 4.35. The molecular formula is C14H16O5. The Bertz CT molecular complexity index is 597. The maximum atomic E-state index is 10.9. The van der Waals surface area contributed by atoms with Gasteiger partial charge in [-0.25, -0.2) is 4.79 Å².